The molecule has 0 unspecified atom stereocenters. The number of rotatable bonds is 16. The Morgan fingerprint density at radius 3 is 1.19 bits per heavy atom. The van der Waals surface area contributed by atoms with E-state index in [0.717, 1.165) is 24.3 Å². The Hall–Kier alpha value is -4.35. The fraction of sp³-hybridized carbons (Fsp3) is 0.357. The molecule has 232 valence electrons. The van der Waals surface area contributed by atoms with Gasteiger partial charge < -0.3 is 34.0 Å². The number of carbonyl (C=O) groups is 6. The van der Waals surface area contributed by atoms with Gasteiger partial charge in [-0.25, -0.2) is 28.8 Å². The van der Waals surface area contributed by atoms with E-state index >= 15 is 0 Å². The summed E-state index contributed by atoms with van der Waals surface area (Å²) in [7, 11) is -4.37. The van der Waals surface area contributed by atoms with Crippen LogP contribution in [-0.2, 0) is 13.6 Å². The van der Waals surface area contributed by atoms with Crippen LogP contribution in [0.3, 0.4) is 0 Å². The van der Waals surface area contributed by atoms with E-state index in [0.29, 0.717) is 24.9 Å². The molecule has 0 spiro atoms. The van der Waals surface area contributed by atoms with Gasteiger partial charge in [-0.2, -0.15) is 0 Å². The SMILES string of the molecule is C[Si](C)(CCCOC(=O)c1ccc(C(=O)O)c(C(=O)O)c1)O[Si](C)(C)CCCOC(=O)c1ccc(C(=O)O)c(C(=O)O)c1. The third-order valence-electron chi connectivity index (χ3n) is 6.30. The smallest absolute Gasteiger partial charge is 0.338 e. The highest BCUT2D eigenvalue weighted by atomic mass is 28.4. The first kappa shape index (κ1) is 34.9. The van der Waals surface area contributed by atoms with E-state index in [2.05, 4.69) is 0 Å². The van der Waals surface area contributed by atoms with Crippen molar-refractivity contribution in [3.63, 3.8) is 0 Å². The zero-order valence-corrected chi connectivity index (χ0v) is 26.2. The molecule has 0 aliphatic heterocycles. The maximum Gasteiger partial charge on any atom is 0.338 e. The van der Waals surface area contributed by atoms with Crippen molar-refractivity contribution in [3.05, 3.63) is 69.8 Å². The molecule has 0 aliphatic carbocycles. The fourth-order valence-electron chi connectivity index (χ4n) is 4.41. The lowest BCUT2D eigenvalue weighted by molar-refractivity contribution is 0.0495. The minimum atomic E-state index is -2.18. The molecule has 0 aliphatic rings. The quantitative estimate of drug-likeness (QED) is 0.112. The molecule has 0 aromatic heterocycles. The van der Waals surface area contributed by atoms with Crippen molar-refractivity contribution in [3.8, 4) is 0 Å². The molecule has 0 amide bonds. The fourth-order valence-corrected chi connectivity index (χ4v) is 13.2. The maximum absolute atomic E-state index is 12.4. The van der Waals surface area contributed by atoms with Gasteiger partial charge in [-0.3, -0.25) is 0 Å². The maximum atomic E-state index is 12.4. The van der Waals surface area contributed by atoms with E-state index < -0.39 is 74.7 Å². The Morgan fingerprint density at radius 1 is 0.558 bits per heavy atom. The molecule has 4 N–H and O–H groups in total. The Balaban J connectivity index is 1.81. The molecule has 0 radical (unpaired) electrons. The van der Waals surface area contributed by atoms with Gasteiger partial charge in [0, 0.05) is 0 Å². The van der Waals surface area contributed by atoms with Crippen LogP contribution in [0.25, 0.3) is 0 Å². The van der Waals surface area contributed by atoms with Crippen LogP contribution >= 0.6 is 0 Å². The average molecular weight is 635 g/mol. The van der Waals surface area contributed by atoms with Crippen LogP contribution in [0.2, 0.25) is 38.3 Å². The number of carboxylic acids is 4. The topological polar surface area (TPSA) is 211 Å². The van der Waals surface area contributed by atoms with Gasteiger partial charge in [0.1, 0.15) is 0 Å². The predicted octanol–water partition coefficient (Wildman–Crippen LogP) is 4.70. The average Bonchev–Trinajstić information content (AvgIpc) is 2.91. The summed E-state index contributed by atoms with van der Waals surface area (Å²) in [6.07, 6.45) is 1.01. The minimum Gasteiger partial charge on any atom is -0.478 e. The molecule has 0 saturated heterocycles. The van der Waals surface area contributed by atoms with Crippen LogP contribution in [0.5, 0.6) is 0 Å². The lowest BCUT2D eigenvalue weighted by Crippen LogP contribution is -2.44. The number of hydrogen-bond acceptors (Lipinski definition) is 9. The summed E-state index contributed by atoms with van der Waals surface area (Å²) in [4.78, 5) is 69.8. The standard InChI is InChI=1S/C28H34O13Si2/c1-42(2,13-5-11-39-27(37)17-7-9-19(23(29)30)21(15-17)25(33)34)41-43(3,4)14-6-12-40-28(38)18-8-10-20(24(31)32)22(16-18)26(35)36/h7-10,15-16H,5-6,11-14H2,1-4H3,(H,29,30)(H,31,32)(H,33,34)(H,35,36). The number of hydrogen-bond donors (Lipinski definition) is 4. The molecule has 13 nitrogen and oxygen atoms in total. The van der Waals surface area contributed by atoms with Crippen LogP contribution < -0.4 is 0 Å². The van der Waals surface area contributed by atoms with Gasteiger partial charge >= 0.3 is 35.8 Å². The lowest BCUT2D eigenvalue weighted by atomic mass is 10.0. The van der Waals surface area contributed by atoms with Crippen LogP contribution in [0.15, 0.2) is 36.4 Å². The zero-order valence-electron chi connectivity index (χ0n) is 24.2. The van der Waals surface area contributed by atoms with Crippen LogP contribution in [-0.4, -0.2) is 86.1 Å². The van der Waals surface area contributed by atoms with Crippen molar-refractivity contribution in [2.45, 2.75) is 51.1 Å². The second kappa shape index (κ2) is 14.7. The van der Waals surface area contributed by atoms with Gasteiger partial charge in [-0.05, 0) is 87.5 Å². The van der Waals surface area contributed by atoms with Gasteiger partial charge in [0.05, 0.1) is 46.6 Å². The van der Waals surface area contributed by atoms with E-state index in [1.54, 1.807) is 0 Å². The summed E-state index contributed by atoms with van der Waals surface area (Å²) < 4.78 is 17.0. The van der Waals surface area contributed by atoms with Gasteiger partial charge in [0.15, 0.2) is 16.6 Å². The summed E-state index contributed by atoms with van der Waals surface area (Å²) >= 11 is 0. The molecule has 43 heavy (non-hydrogen) atoms. The summed E-state index contributed by atoms with van der Waals surface area (Å²) in [5.41, 5.74) is -2.01. The normalized spacial score (nSPS) is 11.4. The number of esters is 2. The van der Waals surface area contributed by atoms with Gasteiger partial charge in [-0.15, -0.1) is 0 Å². The van der Waals surface area contributed by atoms with Crippen molar-refractivity contribution >= 4 is 52.5 Å². The highest BCUT2D eigenvalue weighted by molar-refractivity contribution is 6.84. The molecule has 0 fully saturated rings. The van der Waals surface area contributed by atoms with E-state index in [1.165, 1.54) is 12.1 Å². The van der Waals surface area contributed by atoms with Crippen molar-refractivity contribution in [1.82, 2.24) is 0 Å². The first-order chi connectivity index (χ1) is 19.9. The molecule has 0 atom stereocenters. The summed E-state index contributed by atoms with van der Waals surface area (Å²) in [5, 5.41) is 36.7. The molecule has 2 aromatic rings. The second-order valence-electron chi connectivity index (χ2n) is 10.8. The van der Waals surface area contributed by atoms with Crippen molar-refractivity contribution in [2.24, 2.45) is 0 Å². The number of carbonyl (C=O) groups excluding carboxylic acids is 2. The first-order valence-corrected chi connectivity index (χ1v) is 19.4. The van der Waals surface area contributed by atoms with E-state index in [4.69, 9.17) is 23.8 Å². The number of aromatic carboxylic acids is 4. The second-order valence-corrected chi connectivity index (χ2v) is 19.7. The molecule has 2 rings (SSSR count). The number of ether oxygens (including phenoxy) is 2. The van der Waals surface area contributed by atoms with Crippen LogP contribution in [0.4, 0.5) is 0 Å². The molecular formula is C28H34O13Si2. The lowest BCUT2D eigenvalue weighted by Gasteiger charge is -2.34. The molecule has 0 heterocycles. The monoisotopic (exact) mass is 634 g/mol. The highest BCUT2D eigenvalue weighted by Gasteiger charge is 2.32. The van der Waals surface area contributed by atoms with E-state index in [-0.39, 0.29) is 24.3 Å². The molecule has 0 saturated carbocycles. The largest absolute Gasteiger partial charge is 0.478 e. The Labute approximate surface area is 249 Å². The zero-order chi connectivity index (χ0) is 32.5. The summed E-state index contributed by atoms with van der Waals surface area (Å²) in [6.45, 7) is 8.28. The van der Waals surface area contributed by atoms with E-state index in [1.807, 2.05) is 26.2 Å². The van der Waals surface area contributed by atoms with Crippen LogP contribution in [0, 0.1) is 0 Å². The summed E-state index contributed by atoms with van der Waals surface area (Å²) in [5.74, 6) is -7.30. The third kappa shape index (κ3) is 10.5. The first-order valence-electron chi connectivity index (χ1n) is 13.2. The summed E-state index contributed by atoms with van der Waals surface area (Å²) in [6, 6.07) is 7.79. The van der Waals surface area contributed by atoms with Crippen LogP contribution in [0.1, 0.15) is 75.0 Å². The predicted molar refractivity (Wildman–Crippen MR) is 156 cm³/mol. The number of carboxylic acid groups (broad SMARTS) is 4. The highest BCUT2D eigenvalue weighted by Crippen LogP contribution is 2.24. The van der Waals surface area contributed by atoms with Gasteiger partial charge in [-0.1, -0.05) is 0 Å². The van der Waals surface area contributed by atoms with Crippen molar-refractivity contribution in [2.75, 3.05) is 13.2 Å². The Kier molecular flexibility index (Phi) is 11.9. The third-order valence-corrected chi connectivity index (χ3v) is 13.8. The van der Waals surface area contributed by atoms with Gasteiger partial charge in [0.25, 0.3) is 0 Å². The molecule has 0 bridgehead atoms. The molecule has 15 heteroatoms. The minimum absolute atomic E-state index is 0.0657. The molecule has 2 aromatic carbocycles. The number of benzene rings is 2. The van der Waals surface area contributed by atoms with Crippen molar-refractivity contribution < 1.29 is 62.8 Å². The molecular weight excluding hydrogens is 600 g/mol. The van der Waals surface area contributed by atoms with E-state index in [9.17, 15) is 39.0 Å². The van der Waals surface area contributed by atoms with Crippen molar-refractivity contribution in [1.29, 1.82) is 0 Å². The van der Waals surface area contributed by atoms with Gasteiger partial charge in [0.2, 0.25) is 0 Å². The Morgan fingerprint density at radius 2 is 0.884 bits per heavy atom. The Bertz CT molecular complexity index is 1310.